The van der Waals surface area contributed by atoms with Gasteiger partial charge in [0.05, 0.1) is 40.0 Å². The summed E-state index contributed by atoms with van der Waals surface area (Å²) in [5.41, 5.74) is 3.38. The van der Waals surface area contributed by atoms with Gasteiger partial charge in [-0.15, -0.1) is 0 Å². The van der Waals surface area contributed by atoms with Gasteiger partial charge in [-0.3, -0.25) is 0 Å². The summed E-state index contributed by atoms with van der Waals surface area (Å²) < 4.78 is 16.3. The molecule has 4 rings (SSSR count). The van der Waals surface area contributed by atoms with Crippen LogP contribution in [-0.4, -0.2) is 27.3 Å². The van der Waals surface area contributed by atoms with E-state index in [4.69, 9.17) is 19.2 Å². The van der Waals surface area contributed by atoms with Crippen molar-refractivity contribution in [2.75, 3.05) is 21.3 Å². The summed E-state index contributed by atoms with van der Waals surface area (Å²) in [6.45, 7) is 0.467. The van der Waals surface area contributed by atoms with Crippen molar-refractivity contribution in [2.24, 2.45) is 4.99 Å². The number of guanidine groups is 1. The van der Waals surface area contributed by atoms with Gasteiger partial charge in [-0.1, -0.05) is 60.7 Å². The third-order valence-corrected chi connectivity index (χ3v) is 5.38. The van der Waals surface area contributed by atoms with Gasteiger partial charge in [0.15, 0.2) is 17.5 Å². The fourth-order valence-electron chi connectivity index (χ4n) is 3.86. The minimum Gasteiger partial charge on any atom is -0.493 e. The van der Waals surface area contributed by atoms with E-state index in [0.29, 0.717) is 23.8 Å². The second-order valence-electron chi connectivity index (χ2n) is 7.26. The molecule has 1 saturated heterocycles. The number of methoxy groups -OCH3 is 3. The van der Waals surface area contributed by atoms with E-state index < -0.39 is 0 Å². The SMILES string of the molecule is COc1cc(CN=C2N[C@H](c3ccccc3)[C@H](c3ccccc3)N2)cc(OC)c1OC. The number of nitrogens with one attached hydrogen (secondary N) is 2. The minimum absolute atomic E-state index is 0.0855. The van der Waals surface area contributed by atoms with Crippen LogP contribution >= 0.6 is 0 Å². The Morgan fingerprint density at radius 2 is 1.19 bits per heavy atom. The van der Waals surface area contributed by atoms with Gasteiger partial charge >= 0.3 is 0 Å². The average Bonchev–Trinajstić information content (AvgIpc) is 3.27. The largest absolute Gasteiger partial charge is 0.493 e. The van der Waals surface area contributed by atoms with Crippen molar-refractivity contribution in [3.63, 3.8) is 0 Å². The van der Waals surface area contributed by atoms with Crippen LogP contribution in [0.25, 0.3) is 0 Å². The summed E-state index contributed by atoms with van der Waals surface area (Å²) in [5, 5.41) is 7.12. The Bertz CT molecular complexity index is 964. The third-order valence-electron chi connectivity index (χ3n) is 5.38. The number of ether oxygens (including phenoxy) is 3. The lowest BCUT2D eigenvalue weighted by Crippen LogP contribution is -2.25. The molecule has 0 saturated carbocycles. The second kappa shape index (κ2) is 9.43. The third kappa shape index (κ3) is 4.43. The highest BCUT2D eigenvalue weighted by molar-refractivity contribution is 5.83. The number of hydrogen-bond acceptors (Lipinski definition) is 4. The molecule has 0 unspecified atom stereocenters. The quantitative estimate of drug-likeness (QED) is 0.602. The number of hydrogen-bond donors (Lipinski definition) is 2. The van der Waals surface area contributed by atoms with E-state index in [9.17, 15) is 0 Å². The molecule has 2 atom stereocenters. The van der Waals surface area contributed by atoms with Crippen LogP contribution in [0.3, 0.4) is 0 Å². The molecule has 160 valence electrons. The maximum atomic E-state index is 5.46. The van der Waals surface area contributed by atoms with Crippen molar-refractivity contribution in [3.05, 3.63) is 89.5 Å². The first-order valence-electron chi connectivity index (χ1n) is 10.2. The fraction of sp³-hybridized carbons (Fsp3) is 0.240. The summed E-state index contributed by atoms with van der Waals surface area (Å²) in [4.78, 5) is 4.79. The molecule has 3 aromatic rings. The van der Waals surface area contributed by atoms with Crippen LogP contribution in [0.5, 0.6) is 17.2 Å². The van der Waals surface area contributed by atoms with Gasteiger partial charge in [0.2, 0.25) is 5.75 Å². The lowest BCUT2D eigenvalue weighted by Gasteiger charge is -2.19. The summed E-state index contributed by atoms with van der Waals surface area (Å²) in [6.07, 6.45) is 0. The van der Waals surface area contributed by atoms with Crippen LogP contribution in [-0.2, 0) is 6.54 Å². The smallest absolute Gasteiger partial charge is 0.203 e. The molecule has 31 heavy (non-hydrogen) atoms. The van der Waals surface area contributed by atoms with Crippen molar-refractivity contribution in [1.29, 1.82) is 0 Å². The molecule has 0 radical (unpaired) electrons. The summed E-state index contributed by atoms with van der Waals surface area (Å²) in [7, 11) is 4.82. The van der Waals surface area contributed by atoms with E-state index in [0.717, 1.165) is 11.5 Å². The van der Waals surface area contributed by atoms with Crippen molar-refractivity contribution in [3.8, 4) is 17.2 Å². The van der Waals surface area contributed by atoms with Crippen molar-refractivity contribution < 1.29 is 14.2 Å². The zero-order chi connectivity index (χ0) is 21.6. The van der Waals surface area contributed by atoms with Crippen LogP contribution in [0.15, 0.2) is 77.8 Å². The molecular weight excluding hydrogens is 390 g/mol. The highest BCUT2D eigenvalue weighted by Gasteiger charge is 2.32. The Balaban J connectivity index is 1.60. The number of benzene rings is 3. The average molecular weight is 418 g/mol. The number of nitrogens with zero attached hydrogens (tertiary/aromatic N) is 1. The first-order chi connectivity index (χ1) is 15.2. The van der Waals surface area contributed by atoms with Crippen LogP contribution in [0.4, 0.5) is 0 Å². The Hall–Kier alpha value is -3.67. The van der Waals surface area contributed by atoms with E-state index in [2.05, 4.69) is 59.2 Å². The van der Waals surface area contributed by atoms with Gasteiger partial charge in [-0.25, -0.2) is 4.99 Å². The standard InChI is InChI=1S/C25H27N3O3/c1-29-20-14-17(15-21(30-2)24(20)31-3)16-26-25-27-22(18-10-6-4-7-11-18)23(28-25)19-12-8-5-9-13-19/h4-15,22-23H,16H2,1-3H3,(H2,26,27,28)/t22-,23+. The van der Waals surface area contributed by atoms with E-state index in [-0.39, 0.29) is 12.1 Å². The van der Waals surface area contributed by atoms with E-state index >= 15 is 0 Å². The van der Waals surface area contributed by atoms with Crippen molar-refractivity contribution in [2.45, 2.75) is 18.6 Å². The van der Waals surface area contributed by atoms with Crippen molar-refractivity contribution >= 4 is 5.96 Å². The normalized spacial score (nSPS) is 18.9. The highest BCUT2D eigenvalue weighted by atomic mass is 16.5. The highest BCUT2D eigenvalue weighted by Crippen LogP contribution is 2.38. The molecule has 1 aliphatic heterocycles. The lowest BCUT2D eigenvalue weighted by atomic mass is 9.95. The first-order valence-corrected chi connectivity index (χ1v) is 10.2. The molecule has 6 nitrogen and oxygen atoms in total. The monoisotopic (exact) mass is 417 g/mol. The number of rotatable bonds is 7. The first kappa shape index (κ1) is 20.6. The van der Waals surface area contributed by atoms with Gasteiger partial charge in [0.25, 0.3) is 0 Å². The predicted molar refractivity (Wildman–Crippen MR) is 122 cm³/mol. The van der Waals surface area contributed by atoms with E-state index in [1.165, 1.54) is 11.1 Å². The molecule has 2 N–H and O–H groups in total. The summed E-state index contributed by atoms with van der Waals surface area (Å²) >= 11 is 0. The predicted octanol–water partition coefficient (Wildman–Crippen LogP) is 4.24. The zero-order valence-corrected chi connectivity index (χ0v) is 18.0. The molecular formula is C25H27N3O3. The van der Waals surface area contributed by atoms with E-state index in [1.54, 1.807) is 21.3 Å². The van der Waals surface area contributed by atoms with Gasteiger partial charge in [0.1, 0.15) is 0 Å². The van der Waals surface area contributed by atoms with Crippen LogP contribution in [0.1, 0.15) is 28.8 Å². The molecule has 6 heteroatoms. The Labute approximate surface area is 182 Å². The lowest BCUT2D eigenvalue weighted by molar-refractivity contribution is 0.324. The maximum absolute atomic E-state index is 5.46. The molecule has 0 spiro atoms. The summed E-state index contributed by atoms with van der Waals surface area (Å²) in [6, 6.07) is 24.9. The van der Waals surface area contributed by atoms with Crippen LogP contribution in [0.2, 0.25) is 0 Å². The molecule has 1 heterocycles. The minimum atomic E-state index is 0.0855. The molecule has 0 bridgehead atoms. The molecule has 1 fully saturated rings. The Kier molecular flexibility index (Phi) is 6.26. The zero-order valence-electron chi connectivity index (χ0n) is 18.0. The van der Waals surface area contributed by atoms with Crippen LogP contribution in [0, 0.1) is 0 Å². The van der Waals surface area contributed by atoms with E-state index in [1.807, 2.05) is 24.3 Å². The van der Waals surface area contributed by atoms with Gasteiger partial charge in [-0.05, 0) is 28.8 Å². The fourth-order valence-corrected chi connectivity index (χ4v) is 3.86. The topological polar surface area (TPSA) is 64.1 Å². The Morgan fingerprint density at radius 1 is 0.710 bits per heavy atom. The van der Waals surface area contributed by atoms with Crippen LogP contribution < -0.4 is 24.8 Å². The molecule has 0 aliphatic carbocycles. The second-order valence-corrected chi connectivity index (χ2v) is 7.26. The molecule has 0 aromatic heterocycles. The summed E-state index contributed by atoms with van der Waals surface area (Å²) in [5.74, 6) is 2.57. The van der Waals surface area contributed by atoms with Gasteiger partial charge < -0.3 is 24.8 Å². The van der Waals surface area contributed by atoms with Gasteiger partial charge in [-0.2, -0.15) is 0 Å². The number of aliphatic imine (C=N–C) groups is 1. The maximum Gasteiger partial charge on any atom is 0.203 e. The molecule has 3 aromatic carbocycles. The van der Waals surface area contributed by atoms with Gasteiger partial charge in [0, 0.05) is 0 Å². The molecule has 1 aliphatic rings. The van der Waals surface area contributed by atoms with Crippen molar-refractivity contribution in [1.82, 2.24) is 10.6 Å². The molecule has 0 amide bonds. The Morgan fingerprint density at radius 3 is 1.61 bits per heavy atom.